The Kier molecular flexibility index (Phi) is 8.34. The lowest BCUT2D eigenvalue weighted by Crippen LogP contribution is -2.27. The number of unbranched alkanes of at least 4 members (excludes halogenated alkanes) is 2. The summed E-state index contributed by atoms with van der Waals surface area (Å²) >= 11 is 0. The molecule has 6 aromatic rings. The van der Waals surface area contributed by atoms with E-state index in [0.29, 0.717) is 41.4 Å². The van der Waals surface area contributed by atoms with Crippen LogP contribution in [0.3, 0.4) is 0 Å². The van der Waals surface area contributed by atoms with E-state index in [4.69, 9.17) is 13.6 Å². The monoisotopic (exact) mass is 579 g/mol. The molecule has 0 unspecified atom stereocenters. The van der Waals surface area contributed by atoms with Crippen molar-refractivity contribution >= 4 is 49.6 Å². The van der Waals surface area contributed by atoms with E-state index in [1.165, 1.54) is 0 Å². The van der Waals surface area contributed by atoms with E-state index in [0.717, 1.165) is 47.2 Å². The van der Waals surface area contributed by atoms with Crippen LogP contribution in [0.4, 0.5) is 5.69 Å². The molecule has 0 aliphatic heterocycles. The summed E-state index contributed by atoms with van der Waals surface area (Å²) in [4.78, 5) is 2.17. The second kappa shape index (κ2) is 12.8. The van der Waals surface area contributed by atoms with Gasteiger partial charge in [-0.25, -0.2) is 0 Å². The zero-order valence-corrected chi connectivity index (χ0v) is 25.0. The van der Waals surface area contributed by atoms with Crippen LogP contribution in [0, 0.1) is 22.7 Å². The molecule has 5 aromatic carbocycles. The number of nitrogens with zero attached hydrogens (tertiary/aromatic N) is 3. The fourth-order valence-electron chi connectivity index (χ4n) is 5.63. The van der Waals surface area contributed by atoms with Gasteiger partial charge in [0.15, 0.2) is 11.3 Å². The Hall–Kier alpha value is -5.46. The van der Waals surface area contributed by atoms with Crippen molar-refractivity contribution < 1.29 is 13.6 Å². The van der Waals surface area contributed by atoms with Gasteiger partial charge in [-0.3, -0.25) is 0 Å². The van der Waals surface area contributed by atoms with E-state index in [1.807, 2.05) is 84.9 Å². The Balaban J connectivity index is 1.78. The Morgan fingerprint density at radius 3 is 1.84 bits per heavy atom. The third-order valence-electron chi connectivity index (χ3n) is 7.87. The van der Waals surface area contributed by atoms with Crippen molar-refractivity contribution in [1.29, 1.82) is 10.5 Å². The van der Waals surface area contributed by atoms with Crippen LogP contribution in [-0.2, 0) is 0 Å². The third-order valence-corrected chi connectivity index (χ3v) is 7.87. The van der Waals surface area contributed by atoms with Gasteiger partial charge in [0.25, 0.3) is 0 Å². The summed E-state index contributed by atoms with van der Waals surface area (Å²) in [5, 5.41) is 25.0. The summed E-state index contributed by atoms with van der Waals surface area (Å²) in [7, 11) is 0. The number of benzene rings is 5. The van der Waals surface area contributed by atoms with E-state index >= 15 is 0 Å². The highest BCUT2D eigenvalue weighted by Gasteiger charge is 2.28. The zero-order valence-electron chi connectivity index (χ0n) is 25.0. The molecular formula is C38H33N3O3. The molecule has 0 amide bonds. The molecule has 0 radical (unpaired) electrons. The van der Waals surface area contributed by atoms with Crippen molar-refractivity contribution in [3.05, 3.63) is 102 Å². The van der Waals surface area contributed by atoms with Crippen LogP contribution in [0.15, 0.2) is 99.8 Å². The van der Waals surface area contributed by atoms with Gasteiger partial charge >= 0.3 is 0 Å². The second-order valence-corrected chi connectivity index (χ2v) is 10.8. The van der Waals surface area contributed by atoms with Crippen LogP contribution in [0.1, 0.15) is 50.7 Å². The van der Waals surface area contributed by atoms with E-state index in [1.54, 1.807) is 0 Å². The lowest BCUT2D eigenvalue weighted by atomic mass is 10.0. The first-order chi connectivity index (χ1) is 21.7. The summed E-state index contributed by atoms with van der Waals surface area (Å²) in [6.07, 6.45) is 3.78. The summed E-state index contributed by atoms with van der Waals surface area (Å²) in [6.45, 7) is 5.68. The molecule has 0 aliphatic rings. The molecule has 0 N–H and O–H groups in total. The molecule has 0 bridgehead atoms. The standard InChI is InChI=1S/C38H33N3O3/c1-3-5-21-41(22-6-4-2)35-31(24-39)32(25-40)36-38(37(35)42-28-20-19-26-13-7-8-14-27(26)23-28)44-34-18-12-10-16-30(34)29-15-9-11-17-33(29)43-36/h7-20,23H,3-6,21-22H2,1-2H3. The number of rotatable bonds is 9. The van der Waals surface area contributed by atoms with Crippen LogP contribution in [-0.4, -0.2) is 13.1 Å². The largest absolute Gasteiger partial charge is 0.451 e. The molecule has 0 saturated heterocycles. The van der Waals surface area contributed by atoms with Gasteiger partial charge in [0, 0.05) is 23.9 Å². The molecule has 0 fully saturated rings. The molecular weight excluding hydrogens is 546 g/mol. The van der Waals surface area contributed by atoms with Gasteiger partial charge in [-0.15, -0.1) is 0 Å². The van der Waals surface area contributed by atoms with Crippen molar-refractivity contribution in [1.82, 2.24) is 0 Å². The van der Waals surface area contributed by atoms with Gasteiger partial charge < -0.3 is 18.5 Å². The topological polar surface area (TPSA) is 86.3 Å². The van der Waals surface area contributed by atoms with Crippen LogP contribution >= 0.6 is 0 Å². The zero-order chi connectivity index (χ0) is 30.5. The molecule has 1 heterocycles. The molecule has 6 rings (SSSR count). The summed E-state index contributed by atoms with van der Waals surface area (Å²) in [6, 6.07) is 34.0. The molecule has 0 spiro atoms. The molecule has 6 nitrogen and oxygen atoms in total. The van der Waals surface area contributed by atoms with Crippen molar-refractivity contribution in [3.63, 3.8) is 0 Å². The number of hydrogen-bond donors (Lipinski definition) is 0. The summed E-state index contributed by atoms with van der Waals surface area (Å²) in [5.41, 5.74) is 2.47. The smallest absolute Gasteiger partial charge is 0.216 e. The predicted molar refractivity (Wildman–Crippen MR) is 177 cm³/mol. The minimum atomic E-state index is 0.121. The summed E-state index contributed by atoms with van der Waals surface area (Å²) in [5.74, 6) is 0.943. The van der Waals surface area contributed by atoms with Gasteiger partial charge in [0.2, 0.25) is 5.58 Å². The number of para-hydroxylation sites is 2. The number of fused-ring (bicyclic) bond motifs is 5. The Morgan fingerprint density at radius 1 is 0.659 bits per heavy atom. The Morgan fingerprint density at radius 2 is 1.23 bits per heavy atom. The Bertz CT molecular complexity index is 2120. The maximum Gasteiger partial charge on any atom is 0.216 e. The van der Waals surface area contributed by atoms with E-state index < -0.39 is 0 Å². The van der Waals surface area contributed by atoms with Gasteiger partial charge in [0.1, 0.15) is 45.9 Å². The van der Waals surface area contributed by atoms with Gasteiger partial charge in [-0.05, 0) is 47.9 Å². The highest BCUT2D eigenvalue weighted by molar-refractivity contribution is 6.04. The second-order valence-electron chi connectivity index (χ2n) is 10.8. The molecule has 6 heteroatoms. The normalized spacial score (nSPS) is 11.0. The maximum absolute atomic E-state index is 10.7. The van der Waals surface area contributed by atoms with Crippen LogP contribution in [0.5, 0.6) is 11.5 Å². The highest BCUT2D eigenvalue weighted by atomic mass is 16.5. The first-order valence-corrected chi connectivity index (χ1v) is 15.2. The molecule has 0 atom stereocenters. The summed E-state index contributed by atoms with van der Waals surface area (Å²) < 4.78 is 20.1. The SMILES string of the molecule is CCCCN(CCCC)c1c(C#N)c(C#N)c2oc3ccccc3c3ccccc3oc2c1Oc1ccc2ccccc2c1. The lowest BCUT2D eigenvalue weighted by molar-refractivity contribution is 0.471. The van der Waals surface area contributed by atoms with Crippen LogP contribution < -0.4 is 9.64 Å². The quantitative estimate of drug-likeness (QED) is 0.169. The van der Waals surface area contributed by atoms with Gasteiger partial charge in [0.05, 0.1) is 0 Å². The fraction of sp³-hybridized carbons (Fsp3) is 0.211. The first kappa shape index (κ1) is 28.6. The molecule has 0 saturated carbocycles. The first-order valence-electron chi connectivity index (χ1n) is 15.2. The average Bonchev–Trinajstić information content (AvgIpc) is 3.05. The minimum absolute atomic E-state index is 0.121. The molecule has 44 heavy (non-hydrogen) atoms. The van der Waals surface area contributed by atoms with Crippen LogP contribution in [0.2, 0.25) is 0 Å². The van der Waals surface area contributed by atoms with Crippen molar-refractivity contribution in [2.45, 2.75) is 39.5 Å². The van der Waals surface area contributed by atoms with E-state index in [9.17, 15) is 10.5 Å². The van der Waals surface area contributed by atoms with Gasteiger partial charge in [-0.1, -0.05) is 93.4 Å². The van der Waals surface area contributed by atoms with Crippen molar-refractivity contribution in [2.24, 2.45) is 0 Å². The molecule has 218 valence electrons. The van der Waals surface area contributed by atoms with Crippen molar-refractivity contribution in [2.75, 3.05) is 18.0 Å². The number of ether oxygens (including phenoxy) is 1. The third kappa shape index (κ3) is 5.39. The fourth-order valence-corrected chi connectivity index (χ4v) is 5.63. The van der Waals surface area contributed by atoms with Crippen molar-refractivity contribution in [3.8, 4) is 23.6 Å². The number of hydrogen-bond acceptors (Lipinski definition) is 6. The average molecular weight is 580 g/mol. The minimum Gasteiger partial charge on any atom is -0.451 e. The maximum atomic E-state index is 10.7. The van der Waals surface area contributed by atoms with Crippen LogP contribution in [0.25, 0.3) is 43.9 Å². The molecule has 1 aromatic heterocycles. The number of anilines is 1. The van der Waals surface area contributed by atoms with Gasteiger partial charge in [-0.2, -0.15) is 10.5 Å². The van der Waals surface area contributed by atoms with E-state index in [-0.39, 0.29) is 22.3 Å². The lowest BCUT2D eigenvalue weighted by Gasteiger charge is -2.28. The predicted octanol–water partition coefficient (Wildman–Crippen LogP) is 10.6. The molecule has 0 aliphatic carbocycles. The Labute approximate surface area is 256 Å². The highest BCUT2D eigenvalue weighted by Crippen LogP contribution is 2.45. The number of nitriles is 2. The van der Waals surface area contributed by atoms with E-state index in [2.05, 4.69) is 37.0 Å².